The van der Waals surface area contributed by atoms with E-state index in [2.05, 4.69) is 34.9 Å². The second-order valence-electron chi connectivity index (χ2n) is 6.56. The van der Waals surface area contributed by atoms with Crippen LogP contribution in [0.25, 0.3) is 0 Å². The molecule has 0 aromatic heterocycles. The van der Waals surface area contributed by atoms with Crippen LogP contribution in [0.3, 0.4) is 0 Å². The lowest BCUT2D eigenvalue weighted by Crippen LogP contribution is -2.56. The molecule has 2 N–H and O–H groups in total. The van der Waals surface area contributed by atoms with Crippen LogP contribution in [-0.4, -0.2) is 37.7 Å². The molecule has 5 heteroatoms. The first kappa shape index (κ1) is 18.2. The fourth-order valence-corrected chi connectivity index (χ4v) is 3.36. The third kappa shape index (κ3) is 4.46. The second-order valence-corrected chi connectivity index (χ2v) is 6.56. The van der Waals surface area contributed by atoms with Crippen molar-refractivity contribution in [1.82, 2.24) is 10.6 Å². The van der Waals surface area contributed by atoms with Crippen molar-refractivity contribution in [1.29, 1.82) is 0 Å². The topological polar surface area (TPSA) is 50.4 Å². The van der Waals surface area contributed by atoms with Crippen LogP contribution in [-0.2, 0) is 16.0 Å². The lowest BCUT2D eigenvalue weighted by atomic mass is 9.90. The van der Waals surface area contributed by atoms with Gasteiger partial charge in [-0.25, -0.2) is 0 Å². The van der Waals surface area contributed by atoms with Gasteiger partial charge in [0.15, 0.2) is 0 Å². The standard InChI is InChI=1S/C18H26N2O2.ClH/c1-22-18(9-11-19-12-10-18)17(21)20-16(15-7-8-15)13-14-5-3-2-4-6-14;/h2-6,15-16,19H,7-13H2,1H3,(H,20,21);1H. The first-order chi connectivity index (χ1) is 10.7. The molecule has 128 valence electrons. The van der Waals surface area contributed by atoms with Crippen molar-refractivity contribution < 1.29 is 9.53 Å². The molecule has 1 amide bonds. The van der Waals surface area contributed by atoms with Crippen molar-refractivity contribution in [3.05, 3.63) is 35.9 Å². The Hall–Kier alpha value is -1.10. The summed E-state index contributed by atoms with van der Waals surface area (Å²) in [5.74, 6) is 0.698. The third-order valence-electron chi connectivity index (χ3n) is 5.02. The Morgan fingerprint density at radius 3 is 2.52 bits per heavy atom. The second kappa shape index (κ2) is 8.13. The highest BCUT2D eigenvalue weighted by atomic mass is 35.5. The predicted molar refractivity (Wildman–Crippen MR) is 93.9 cm³/mol. The molecular weight excluding hydrogens is 312 g/mol. The number of ether oxygens (including phenoxy) is 1. The molecule has 1 aromatic carbocycles. The number of amides is 1. The van der Waals surface area contributed by atoms with Gasteiger partial charge in [-0.05, 0) is 56.7 Å². The number of carbonyl (C=O) groups excluding carboxylic acids is 1. The number of carbonyl (C=O) groups is 1. The first-order valence-electron chi connectivity index (χ1n) is 8.34. The average molecular weight is 339 g/mol. The molecule has 1 aliphatic heterocycles. The zero-order chi connectivity index (χ0) is 15.4. The van der Waals surface area contributed by atoms with Gasteiger partial charge in [0.25, 0.3) is 5.91 Å². The number of nitrogens with one attached hydrogen (secondary N) is 2. The van der Waals surface area contributed by atoms with E-state index in [0.29, 0.717) is 5.92 Å². The van der Waals surface area contributed by atoms with Crippen LogP contribution in [0.2, 0.25) is 0 Å². The molecule has 4 nitrogen and oxygen atoms in total. The summed E-state index contributed by atoms with van der Waals surface area (Å²) >= 11 is 0. The van der Waals surface area contributed by atoms with Crippen LogP contribution in [0.1, 0.15) is 31.2 Å². The van der Waals surface area contributed by atoms with Gasteiger partial charge in [0.05, 0.1) is 0 Å². The molecule has 0 bridgehead atoms. The predicted octanol–water partition coefficient (Wildman–Crippen LogP) is 2.31. The zero-order valence-electron chi connectivity index (χ0n) is 13.7. The largest absolute Gasteiger partial charge is 0.368 e. The fourth-order valence-electron chi connectivity index (χ4n) is 3.36. The highest BCUT2D eigenvalue weighted by Gasteiger charge is 2.42. The summed E-state index contributed by atoms with van der Waals surface area (Å²) in [6.45, 7) is 1.68. The highest BCUT2D eigenvalue weighted by Crippen LogP contribution is 2.35. The van der Waals surface area contributed by atoms with E-state index in [9.17, 15) is 4.79 Å². The van der Waals surface area contributed by atoms with Gasteiger partial charge < -0.3 is 15.4 Å². The number of halogens is 1. The summed E-state index contributed by atoms with van der Waals surface area (Å²) in [7, 11) is 1.66. The minimum absolute atomic E-state index is 0. The molecule has 2 fully saturated rings. The van der Waals surface area contributed by atoms with Gasteiger partial charge in [-0.1, -0.05) is 30.3 Å². The molecule has 1 saturated carbocycles. The van der Waals surface area contributed by atoms with Gasteiger partial charge in [-0.15, -0.1) is 12.4 Å². The maximum Gasteiger partial charge on any atom is 0.252 e. The van der Waals surface area contributed by atoms with E-state index in [-0.39, 0.29) is 24.4 Å². The highest BCUT2D eigenvalue weighted by molar-refractivity contribution is 5.86. The monoisotopic (exact) mass is 338 g/mol. The number of rotatable bonds is 6. The molecule has 1 aliphatic carbocycles. The Kier molecular flexibility index (Phi) is 6.45. The number of piperidine rings is 1. The normalized spacial score (nSPS) is 21.1. The number of methoxy groups -OCH3 is 1. The Labute approximate surface area is 144 Å². The van der Waals surface area contributed by atoms with Crippen molar-refractivity contribution in [2.24, 2.45) is 5.92 Å². The maximum atomic E-state index is 12.8. The summed E-state index contributed by atoms with van der Waals surface area (Å²) in [6, 6.07) is 10.7. The Morgan fingerprint density at radius 1 is 1.30 bits per heavy atom. The smallest absolute Gasteiger partial charge is 0.252 e. The molecular formula is C18H27ClN2O2. The van der Waals surface area contributed by atoms with E-state index in [1.807, 2.05) is 6.07 Å². The molecule has 23 heavy (non-hydrogen) atoms. The molecule has 1 aromatic rings. The molecule has 2 aliphatic rings. The van der Waals surface area contributed by atoms with Gasteiger partial charge >= 0.3 is 0 Å². The van der Waals surface area contributed by atoms with Crippen LogP contribution in [0.5, 0.6) is 0 Å². The summed E-state index contributed by atoms with van der Waals surface area (Å²) in [5.41, 5.74) is 0.645. The van der Waals surface area contributed by atoms with E-state index < -0.39 is 5.60 Å². The summed E-state index contributed by atoms with van der Waals surface area (Å²) < 4.78 is 5.64. The van der Waals surface area contributed by atoms with Crippen LogP contribution in [0, 0.1) is 5.92 Å². The van der Waals surface area contributed by atoms with E-state index in [0.717, 1.165) is 32.4 Å². The number of benzene rings is 1. The van der Waals surface area contributed by atoms with E-state index in [1.165, 1.54) is 18.4 Å². The SMILES string of the molecule is COC1(C(=O)NC(Cc2ccccc2)C2CC2)CCNCC1.Cl. The van der Waals surface area contributed by atoms with Crippen molar-refractivity contribution in [2.75, 3.05) is 20.2 Å². The van der Waals surface area contributed by atoms with E-state index >= 15 is 0 Å². The average Bonchev–Trinajstić information content (AvgIpc) is 3.40. The minimum Gasteiger partial charge on any atom is -0.368 e. The van der Waals surface area contributed by atoms with Gasteiger partial charge in [-0.3, -0.25) is 4.79 Å². The van der Waals surface area contributed by atoms with Crippen molar-refractivity contribution in [3.63, 3.8) is 0 Å². The molecule has 1 atom stereocenters. The Bertz CT molecular complexity index is 499. The Balaban J connectivity index is 0.00000192. The van der Waals surface area contributed by atoms with Crippen molar-refractivity contribution in [3.8, 4) is 0 Å². The summed E-state index contributed by atoms with van der Waals surface area (Å²) in [6.07, 6.45) is 4.85. The van der Waals surface area contributed by atoms with Crippen LogP contribution >= 0.6 is 12.4 Å². The van der Waals surface area contributed by atoms with Crippen molar-refractivity contribution in [2.45, 2.75) is 43.7 Å². The quantitative estimate of drug-likeness (QED) is 0.837. The van der Waals surface area contributed by atoms with E-state index in [1.54, 1.807) is 7.11 Å². The van der Waals surface area contributed by atoms with Crippen LogP contribution < -0.4 is 10.6 Å². The molecule has 1 unspecified atom stereocenters. The summed E-state index contributed by atoms with van der Waals surface area (Å²) in [5, 5.41) is 6.59. The fraction of sp³-hybridized carbons (Fsp3) is 0.611. The lowest BCUT2D eigenvalue weighted by Gasteiger charge is -2.36. The summed E-state index contributed by atoms with van der Waals surface area (Å²) in [4.78, 5) is 12.8. The maximum absolute atomic E-state index is 12.8. The van der Waals surface area contributed by atoms with Crippen LogP contribution in [0.4, 0.5) is 0 Å². The Morgan fingerprint density at radius 2 is 1.96 bits per heavy atom. The van der Waals surface area contributed by atoms with Crippen molar-refractivity contribution >= 4 is 18.3 Å². The first-order valence-corrected chi connectivity index (χ1v) is 8.34. The van der Waals surface area contributed by atoms with Gasteiger partial charge in [0.2, 0.25) is 0 Å². The molecule has 0 radical (unpaired) electrons. The van der Waals surface area contributed by atoms with E-state index in [4.69, 9.17) is 4.74 Å². The molecule has 0 spiro atoms. The van der Waals surface area contributed by atoms with Gasteiger partial charge in [0, 0.05) is 13.2 Å². The zero-order valence-corrected chi connectivity index (χ0v) is 14.5. The third-order valence-corrected chi connectivity index (χ3v) is 5.02. The molecule has 1 saturated heterocycles. The van der Waals surface area contributed by atoms with Crippen LogP contribution in [0.15, 0.2) is 30.3 Å². The molecule has 1 heterocycles. The minimum atomic E-state index is -0.644. The lowest BCUT2D eigenvalue weighted by molar-refractivity contribution is -0.147. The van der Waals surface area contributed by atoms with Gasteiger partial charge in [0.1, 0.15) is 5.60 Å². The van der Waals surface area contributed by atoms with Gasteiger partial charge in [-0.2, -0.15) is 0 Å². The number of hydrogen-bond donors (Lipinski definition) is 2. The number of hydrogen-bond acceptors (Lipinski definition) is 3. The molecule has 3 rings (SSSR count).